The van der Waals surface area contributed by atoms with Crippen molar-refractivity contribution in [2.75, 3.05) is 0 Å². The Morgan fingerprint density at radius 3 is 2.75 bits per heavy atom. The van der Waals surface area contributed by atoms with Crippen LogP contribution in [-0.2, 0) is 6.42 Å². The third kappa shape index (κ3) is 3.38. The van der Waals surface area contributed by atoms with E-state index in [0.29, 0.717) is 11.4 Å². The highest BCUT2D eigenvalue weighted by Crippen LogP contribution is 2.31. The van der Waals surface area contributed by atoms with E-state index in [1.54, 1.807) is 6.07 Å². The third-order valence-electron chi connectivity index (χ3n) is 3.29. The SMILES string of the molecule is Cc1cc(F)ccc1CC(NN)c1cccc(Br)c1Cl. The topological polar surface area (TPSA) is 38.0 Å². The molecule has 2 aromatic rings. The normalized spacial score (nSPS) is 12.4. The Hall–Kier alpha value is -0.940. The molecule has 0 aliphatic carbocycles. The molecule has 1 atom stereocenters. The van der Waals surface area contributed by atoms with Crippen molar-refractivity contribution in [2.45, 2.75) is 19.4 Å². The molecular formula is C15H15BrClFN2. The van der Waals surface area contributed by atoms with E-state index in [2.05, 4.69) is 21.4 Å². The summed E-state index contributed by atoms with van der Waals surface area (Å²) in [6.07, 6.45) is 0.638. The van der Waals surface area contributed by atoms with Crippen LogP contribution in [0.5, 0.6) is 0 Å². The molecule has 0 aromatic heterocycles. The maximum Gasteiger partial charge on any atom is 0.123 e. The van der Waals surface area contributed by atoms with Crippen LogP contribution in [0.3, 0.4) is 0 Å². The molecule has 3 N–H and O–H groups in total. The first kappa shape index (κ1) is 15.4. The molecule has 2 aromatic carbocycles. The van der Waals surface area contributed by atoms with Gasteiger partial charge >= 0.3 is 0 Å². The smallest absolute Gasteiger partial charge is 0.123 e. The quantitative estimate of drug-likeness (QED) is 0.632. The molecule has 1 unspecified atom stereocenters. The summed E-state index contributed by atoms with van der Waals surface area (Å²) in [5.41, 5.74) is 5.62. The van der Waals surface area contributed by atoms with Crippen molar-refractivity contribution < 1.29 is 4.39 Å². The molecule has 106 valence electrons. The molecule has 20 heavy (non-hydrogen) atoms. The second-order valence-electron chi connectivity index (χ2n) is 4.64. The van der Waals surface area contributed by atoms with Gasteiger partial charge < -0.3 is 0 Å². The molecule has 0 aliphatic rings. The molecule has 0 heterocycles. The first-order valence-electron chi connectivity index (χ1n) is 6.18. The number of nitrogens with two attached hydrogens (primary N) is 1. The lowest BCUT2D eigenvalue weighted by atomic mass is 9.96. The molecule has 0 spiro atoms. The van der Waals surface area contributed by atoms with Crippen LogP contribution in [0.15, 0.2) is 40.9 Å². The van der Waals surface area contributed by atoms with Gasteiger partial charge in [0.15, 0.2) is 0 Å². The number of aryl methyl sites for hydroxylation is 1. The van der Waals surface area contributed by atoms with Crippen LogP contribution < -0.4 is 11.3 Å². The second-order valence-corrected chi connectivity index (χ2v) is 5.87. The van der Waals surface area contributed by atoms with Crippen LogP contribution in [-0.4, -0.2) is 0 Å². The number of hydrazine groups is 1. The second kappa shape index (κ2) is 6.68. The minimum Gasteiger partial charge on any atom is -0.271 e. The molecule has 0 amide bonds. The average Bonchev–Trinajstić information content (AvgIpc) is 2.42. The molecule has 0 bridgehead atoms. The van der Waals surface area contributed by atoms with Crippen molar-refractivity contribution in [3.8, 4) is 0 Å². The van der Waals surface area contributed by atoms with E-state index in [-0.39, 0.29) is 11.9 Å². The lowest BCUT2D eigenvalue weighted by Gasteiger charge is -2.19. The maximum absolute atomic E-state index is 13.1. The first-order valence-corrected chi connectivity index (χ1v) is 7.35. The summed E-state index contributed by atoms with van der Waals surface area (Å²) in [4.78, 5) is 0. The Morgan fingerprint density at radius 2 is 2.10 bits per heavy atom. The van der Waals surface area contributed by atoms with Gasteiger partial charge in [-0.2, -0.15) is 0 Å². The van der Waals surface area contributed by atoms with Crippen molar-refractivity contribution in [1.29, 1.82) is 0 Å². The highest BCUT2D eigenvalue weighted by Gasteiger charge is 2.16. The summed E-state index contributed by atoms with van der Waals surface area (Å²) in [6, 6.07) is 10.3. The maximum atomic E-state index is 13.1. The lowest BCUT2D eigenvalue weighted by molar-refractivity contribution is 0.549. The Kier molecular flexibility index (Phi) is 5.16. The van der Waals surface area contributed by atoms with Crippen molar-refractivity contribution in [3.63, 3.8) is 0 Å². The summed E-state index contributed by atoms with van der Waals surface area (Å²) < 4.78 is 14.0. The van der Waals surface area contributed by atoms with E-state index in [1.165, 1.54) is 12.1 Å². The molecule has 5 heteroatoms. The number of benzene rings is 2. The van der Waals surface area contributed by atoms with E-state index in [4.69, 9.17) is 17.4 Å². The Morgan fingerprint density at radius 1 is 1.35 bits per heavy atom. The molecule has 0 fully saturated rings. The number of hydrogen-bond acceptors (Lipinski definition) is 2. The molecule has 0 saturated carbocycles. The summed E-state index contributed by atoms with van der Waals surface area (Å²) in [5, 5.41) is 0.634. The fourth-order valence-corrected chi connectivity index (χ4v) is 2.80. The molecule has 2 rings (SSSR count). The Bertz CT molecular complexity index is 619. The van der Waals surface area contributed by atoms with Gasteiger partial charge in [-0.1, -0.05) is 29.8 Å². The Labute approximate surface area is 131 Å². The van der Waals surface area contributed by atoms with E-state index in [1.807, 2.05) is 25.1 Å². The van der Waals surface area contributed by atoms with Gasteiger partial charge in [0.1, 0.15) is 5.82 Å². The van der Waals surface area contributed by atoms with Gasteiger partial charge in [-0.05, 0) is 64.2 Å². The minimum absolute atomic E-state index is 0.135. The minimum atomic E-state index is -0.232. The molecule has 0 aliphatic heterocycles. The van der Waals surface area contributed by atoms with Gasteiger partial charge in [-0.3, -0.25) is 11.3 Å². The molecule has 2 nitrogen and oxygen atoms in total. The zero-order valence-electron chi connectivity index (χ0n) is 11.0. The lowest BCUT2D eigenvalue weighted by Crippen LogP contribution is -2.30. The third-order valence-corrected chi connectivity index (χ3v) is 4.60. The zero-order valence-corrected chi connectivity index (χ0v) is 13.3. The van der Waals surface area contributed by atoms with Crippen molar-refractivity contribution in [2.24, 2.45) is 5.84 Å². The summed E-state index contributed by atoms with van der Waals surface area (Å²) in [6.45, 7) is 1.88. The van der Waals surface area contributed by atoms with Crippen LogP contribution >= 0.6 is 27.5 Å². The molecule has 0 radical (unpaired) electrons. The van der Waals surface area contributed by atoms with Gasteiger partial charge in [0, 0.05) is 4.47 Å². The fraction of sp³-hybridized carbons (Fsp3) is 0.200. The largest absolute Gasteiger partial charge is 0.271 e. The summed E-state index contributed by atoms with van der Waals surface area (Å²) in [5.74, 6) is 5.42. The van der Waals surface area contributed by atoms with Gasteiger partial charge in [0.2, 0.25) is 0 Å². The number of nitrogens with one attached hydrogen (secondary N) is 1. The fourth-order valence-electron chi connectivity index (χ4n) is 2.16. The average molecular weight is 358 g/mol. The van der Waals surface area contributed by atoms with Crippen LogP contribution in [0.25, 0.3) is 0 Å². The van der Waals surface area contributed by atoms with E-state index >= 15 is 0 Å². The monoisotopic (exact) mass is 356 g/mol. The summed E-state index contributed by atoms with van der Waals surface area (Å²) >= 11 is 9.70. The van der Waals surface area contributed by atoms with Crippen LogP contribution in [0, 0.1) is 12.7 Å². The van der Waals surface area contributed by atoms with Crippen molar-refractivity contribution >= 4 is 27.5 Å². The Balaban J connectivity index is 2.31. The predicted molar refractivity (Wildman–Crippen MR) is 84.1 cm³/mol. The highest BCUT2D eigenvalue weighted by atomic mass is 79.9. The molecular weight excluding hydrogens is 343 g/mol. The van der Waals surface area contributed by atoms with Crippen LogP contribution in [0.2, 0.25) is 5.02 Å². The first-order chi connectivity index (χ1) is 9.52. The van der Waals surface area contributed by atoms with Gasteiger partial charge in [-0.25, -0.2) is 4.39 Å². The van der Waals surface area contributed by atoms with E-state index in [0.717, 1.165) is 21.2 Å². The standard InChI is InChI=1S/C15H15BrClFN2/c1-9-7-11(18)6-5-10(9)8-14(20-19)12-3-2-4-13(16)15(12)17/h2-7,14,20H,8,19H2,1H3. The van der Waals surface area contributed by atoms with Crippen LogP contribution in [0.4, 0.5) is 4.39 Å². The van der Waals surface area contributed by atoms with E-state index in [9.17, 15) is 4.39 Å². The van der Waals surface area contributed by atoms with Crippen LogP contribution in [0.1, 0.15) is 22.7 Å². The van der Waals surface area contributed by atoms with Gasteiger partial charge in [0.05, 0.1) is 11.1 Å². The number of halogens is 3. The van der Waals surface area contributed by atoms with Crippen molar-refractivity contribution in [3.05, 3.63) is 68.4 Å². The van der Waals surface area contributed by atoms with Gasteiger partial charge in [-0.15, -0.1) is 0 Å². The molecule has 0 saturated heterocycles. The summed E-state index contributed by atoms with van der Waals surface area (Å²) in [7, 11) is 0. The van der Waals surface area contributed by atoms with E-state index < -0.39 is 0 Å². The predicted octanol–water partition coefficient (Wildman–Crippen LogP) is 4.30. The number of rotatable bonds is 4. The van der Waals surface area contributed by atoms with Crippen molar-refractivity contribution in [1.82, 2.24) is 5.43 Å². The van der Waals surface area contributed by atoms with Gasteiger partial charge in [0.25, 0.3) is 0 Å². The highest BCUT2D eigenvalue weighted by molar-refractivity contribution is 9.10. The number of hydrogen-bond donors (Lipinski definition) is 2. The zero-order chi connectivity index (χ0) is 14.7.